The number of hydrogen-bond acceptors (Lipinski definition) is 4. The normalized spacial score (nSPS) is 11.9. The van der Waals surface area contributed by atoms with Crippen molar-refractivity contribution in [3.63, 3.8) is 0 Å². The van der Waals surface area contributed by atoms with Crippen LogP contribution in [0, 0.1) is 0 Å². The summed E-state index contributed by atoms with van der Waals surface area (Å²) in [6, 6.07) is -0.591. The summed E-state index contributed by atoms with van der Waals surface area (Å²) in [5.41, 5.74) is 0.00421. The Kier molecular flexibility index (Phi) is 4.24. The van der Waals surface area contributed by atoms with Gasteiger partial charge < -0.3 is 15.7 Å². The van der Waals surface area contributed by atoms with Crippen molar-refractivity contribution in [2.75, 3.05) is 6.54 Å². The second-order valence-corrected chi connectivity index (χ2v) is 3.99. The fraction of sp³-hybridized carbons (Fsp3) is 0.444. The molecular weight excluding hydrogens is 230 g/mol. The first kappa shape index (κ1) is 12.4. The fourth-order valence-corrected chi connectivity index (χ4v) is 1.85. The van der Waals surface area contributed by atoms with Gasteiger partial charge in [0.05, 0.1) is 6.04 Å². The first-order chi connectivity index (χ1) is 7.54. The average molecular weight is 243 g/mol. The summed E-state index contributed by atoms with van der Waals surface area (Å²) in [6.07, 6.45) is 0. The lowest BCUT2D eigenvalue weighted by Crippen LogP contribution is -2.36. The van der Waals surface area contributed by atoms with Crippen LogP contribution in [-0.4, -0.2) is 28.6 Å². The van der Waals surface area contributed by atoms with Gasteiger partial charge in [0.1, 0.15) is 5.01 Å². The van der Waals surface area contributed by atoms with E-state index in [1.807, 2.05) is 6.92 Å². The lowest BCUT2D eigenvalue weighted by molar-refractivity contribution is 0.0691. The summed E-state index contributed by atoms with van der Waals surface area (Å²) in [5, 5.41) is 16.0. The van der Waals surface area contributed by atoms with E-state index in [1.54, 1.807) is 6.92 Å². The molecule has 0 spiro atoms. The summed E-state index contributed by atoms with van der Waals surface area (Å²) in [5.74, 6) is -1.06. The van der Waals surface area contributed by atoms with Crippen LogP contribution in [0.5, 0.6) is 0 Å². The largest absolute Gasteiger partial charge is 0.476 e. The molecule has 1 rings (SSSR count). The van der Waals surface area contributed by atoms with E-state index in [4.69, 9.17) is 5.11 Å². The van der Waals surface area contributed by atoms with Gasteiger partial charge in [0.15, 0.2) is 5.69 Å². The molecule has 3 N–H and O–H groups in total. The standard InChI is InChI=1S/C9H13N3O3S/c1-3-10-9(15)11-5(2)7-12-6(4-16-7)8(13)14/h4-5H,3H2,1-2H3,(H,13,14)(H2,10,11,15). The highest BCUT2D eigenvalue weighted by Crippen LogP contribution is 2.17. The highest BCUT2D eigenvalue weighted by atomic mass is 32.1. The second kappa shape index (κ2) is 5.45. The number of nitrogens with one attached hydrogen (secondary N) is 2. The molecule has 0 radical (unpaired) electrons. The van der Waals surface area contributed by atoms with Gasteiger partial charge >= 0.3 is 12.0 Å². The molecule has 88 valence electrons. The van der Waals surface area contributed by atoms with Crippen LogP contribution >= 0.6 is 11.3 Å². The Morgan fingerprint density at radius 3 is 2.81 bits per heavy atom. The van der Waals surface area contributed by atoms with Crippen molar-refractivity contribution in [2.45, 2.75) is 19.9 Å². The first-order valence-corrected chi connectivity index (χ1v) is 5.65. The minimum Gasteiger partial charge on any atom is -0.476 e. The Morgan fingerprint density at radius 1 is 1.62 bits per heavy atom. The molecule has 0 aliphatic rings. The Balaban J connectivity index is 2.62. The molecular formula is C9H13N3O3S. The molecule has 6 nitrogen and oxygen atoms in total. The Hall–Kier alpha value is -1.63. The predicted octanol–water partition coefficient (Wildman–Crippen LogP) is 1.22. The molecule has 0 bridgehead atoms. The summed E-state index contributed by atoms with van der Waals surface area (Å²) < 4.78 is 0. The maximum absolute atomic E-state index is 11.2. The highest BCUT2D eigenvalue weighted by molar-refractivity contribution is 7.09. The zero-order chi connectivity index (χ0) is 12.1. The number of thiazole rings is 1. The third-order valence-electron chi connectivity index (χ3n) is 1.80. The van der Waals surface area contributed by atoms with Gasteiger partial charge in [-0.25, -0.2) is 14.6 Å². The van der Waals surface area contributed by atoms with E-state index in [9.17, 15) is 9.59 Å². The van der Waals surface area contributed by atoms with Crippen molar-refractivity contribution in [2.24, 2.45) is 0 Å². The molecule has 16 heavy (non-hydrogen) atoms. The van der Waals surface area contributed by atoms with Crippen LogP contribution in [0.25, 0.3) is 0 Å². The molecule has 1 heterocycles. The third-order valence-corrected chi connectivity index (χ3v) is 2.82. The minimum atomic E-state index is -1.06. The number of aromatic carboxylic acids is 1. The number of hydrogen-bond donors (Lipinski definition) is 3. The van der Waals surface area contributed by atoms with Gasteiger partial charge in [-0.05, 0) is 13.8 Å². The van der Waals surface area contributed by atoms with Crippen LogP contribution in [0.2, 0.25) is 0 Å². The molecule has 0 saturated carbocycles. The zero-order valence-electron chi connectivity index (χ0n) is 8.98. The molecule has 2 amide bonds. The van der Waals surface area contributed by atoms with Crippen molar-refractivity contribution in [3.05, 3.63) is 16.1 Å². The van der Waals surface area contributed by atoms with E-state index in [0.29, 0.717) is 11.6 Å². The summed E-state index contributed by atoms with van der Waals surface area (Å²) >= 11 is 1.21. The Labute approximate surface area is 96.7 Å². The van der Waals surface area contributed by atoms with E-state index in [0.717, 1.165) is 0 Å². The molecule has 0 aliphatic heterocycles. The highest BCUT2D eigenvalue weighted by Gasteiger charge is 2.15. The SMILES string of the molecule is CCNC(=O)NC(C)c1nc(C(=O)O)cs1. The van der Waals surface area contributed by atoms with E-state index in [-0.39, 0.29) is 17.8 Å². The average Bonchev–Trinajstić information content (AvgIpc) is 2.66. The van der Waals surface area contributed by atoms with Crippen molar-refractivity contribution in [1.82, 2.24) is 15.6 Å². The predicted molar refractivity (Wildman–Crippen MR) is 59.7 cm³/mol. The summed E-state index contributed by atoms with van der Waals surface area (Å²) in [4.78, 5) is 25.7. The van der Waals surface area contributed by atoms with Crippen LogP contribution in [-0.2, 0) is 0 Å². The van der Waals surface area contributed by atoms with E-state index >= 15 is 0 Å². The molecule has 7 heteroatoms. The van der Waals surface area contributed by atoms with Gasteiger partial charge in [0, 0.05) is 11.9 Å². The smallest absolute Gasteiger partial charge is 0.355 e. The number of carbonyl (C=O) groups is 2. The molecule has 0 aromatic carbocycles. The summed E-state index contributed by atoms with van der Waals surface area (Å²) in [6.45, 7) is 4.10. The number of amides is 2. The van der Waals surface area contributed by atoms with E-state index in [1.165, 1.54) is 16.7 Å². The van der Waals surface area contributed by atoms with Gasteiger partial charge in [0.2, 0.25) is 0 Å². The van der Waals surface area contributed by atoms with Gasteiger partial charge in [-0.3, -0.25) is 0 Å². The molecule has 1 atom stereocenters. The van der Waals surface area contributed by atoms with Gasteiger partial charge in [-0.2, -0.15) is 0 Å². The molecule has 1 unspecified atom stereocenters. The maximum Gasteiger partial charge on any atom is 0.355 e. The third kappa shape index (κ3) is 3.20. The van der Waals surface area contributed by atoms with Gasteiger partial charge in [-0.1, -0.05) is 0 Å². The first-order valence-electron chi connectivity index (χ1n) is 4.77. The van der Waals surface area contributed by atoms with Crippen LogP contribution < -0.4 is 10.6 Å². The van der Waals surface area contributed by atoms with Crippen LogP contribution in [0.15, 0.2) is 5.38 Å². The monoisotopic (exact) mass is 243 g/mol. The quantitative estimate of drug-likeness (QED) is 0.741. The summed E-state index contributed by atoms with van der Waals surface area (Å²) in [7, 11) is 0. The number of carboxylic acid groups (broad SMARTS) is 1. The Bertz CT molecular complexity index is 391. The Morgan fingerprint density at radius 2 is 2.31 bits per heavy atom. The number of nitrogens with zero attached hydrogens (tertiary/aromatic N) is 1. The van der Waals surface area contributed by atoms with Crippen LogP contribution in [0.3, 0.4) is 0 Å². The van der Waals surface area contributed by atoms with Crippen LogP contribution in [0.4, 0.5) is 4.79 Å². The number of carbonyl (C=O) groups excluding carboxylic acids is 1. The van der Waals surface area contributed by atoms with Crippen molar-refractivity contribution in [3.8, 4) is 0 Å². The van der Waals surface area contributed by atoms with Crippen molar-refractivity contribution in [1.29, 1.82) is 0 Å². The lowest BCUT2D eigenvalue weighted by Gasteiger charge is -2.11. The topological polar surface area (TPSA) is 91.3 Å². The zero-order valence-corrected chi connectivity index (χ0v) is 9.80. The van der Waals surface area contributed by atoms with Crippen LogP contribution in [0.1, 0.15) is 35.4 Å². The fourth-order valence-electron chi connectivity index (χ4n) is 1.05. The number of urea groups is 1. The molecule has 0 fully saturated rings. The van der Waals surface area contributed by atoms with E-state index in [2.05, 4.69) is 15.6 Å². The van der Waals surface area contributed by atoms with Gasteiger partial charge in [-0.15, -0.1) is 11.3 Å². The van der Waals surface area contributed by atoms with Crippen molar-refractivity contribution >= 4 is 23.3 Å². The minimum absolute atomic E-state index is 0.00421. The van der Waals surface area contributed by atoms with Crippen molar-refractivity contribution < 1.29 is 14.7 Å². The van der Waals surface area contributed by atoms with Gasteiger partial charge in [0.25, 0.3) is 0 Å². The lowest BCUT2D eigenvalue weighted by atomic mass is 10.3. The molecule has 1 aromatic heterocycles. The number of rotatable bonds is 4. The maximum atomic E-state index is 11.2. The molecule has 0 aliphatic carbocycles. The number of carboxylic acids is 1. The molecule has 1 aromatic rings. The number of aromatic nitrogens is 1. The van der Waals surface area contributed by atoms with E-state index < -0.39 is 5.97 Å². The molecule has 0 saturated heterocycles. The second-order valence-electron chi connectivity index (χ2n) is 3.10.